The van der Waals surface area contributed by atoms with E-state index in [2.05, 4.69) is 5.32 Å². The molecule has 0 saturated carbocycles. The van der Waals surface area contributed by atoms with Gasteiger partial charge in [-0.1, -0.05) is 48.9 Å². The van der Waals surface area contributed by atoms with Gasteiger partial charge in [0.05, 0.1) is 34.7 Å². The molecule has 2 aromatic carbocycles. The van der Waals surface area contributed by atoms with Crippen molar-refractivity contribution in [1.82, 2.24) is 9.62 Å². The van der Waals surface area contributed by atoms with Crippen molar-refractivity contribution < 1.29 is 17.9 Å². The van der Waals surface area contributed by atoms with Crippen molar-refractivity contribution in [3.63, 3.8) is 0 Å². The van der Waals surface area contributed by atoms with E-state index in [1.807, 2.05) is 37.3 Å². The predicted octanol–water partition coefficient (Wildman–Crippen LogP) is 3.24. The molecular weight excluding hydrogens is 400 g/mol. The molecule has 150 valence electrons. The van der Waals surface area contributed by atoms with Gasteiger partial charge in [-0.3, -0.25) is 4.79 Å². The lowest BCUT2D eigenvalue weighted by molar-refractivity contribution is 0.0730. The van der Waals surface area contributed by atoms with Gasteiger partial charge in [0, 0.05) is 13.1 Å². The minimum absolute atomic E-state index is 0.0525. The average Bonchev–Trinajstić information content (AvgIpc) is 2.73. The minimum atomic E-state index is -3.71. The summed E-state index contributed by atoms with van der Waals surface area (Å²) in [4.78, 5) is 12.9. The van der Waals surface area contributed by atoms with Crippen LogP contribution >= 0.6 is 11.6 Å². The van der Waals surface area contributed by atoms with Gasteiger partial charge in [0.2, 0.25) is 10.0 Å². The van der Waals surface area contributed by atoms with Gasteiger partial charge >= 0.3 is 0 Å². The molecular formula is C20H23ClN2O4S. The Balaban J connectivity index is 1.85. The second-order valence-corrected chi connectivity index (χ2v) is 8.85. The lowest BCUT2D eigenvalue weighted by Gasteiger charge is -2.26. The van der Waals surface area contributed by atoms with Crippen LogP contribution in [0.25, 0.3) is 0 Å². The number of nitrogens with zero attached hydrogens (tertiary/aromatic N) is 1. The molecule has 1 atom stereocenters. The molecule has 3 rings (SSSR count). The van der Waals surface area contributed by atoms with Crippen LogP contribution < -0.4 is 5.32 Å². The van der Waals surface area contributed by atoms with E-state index in [0.717, 1.165) is 5.56 Å². The molecule has 0 bridgehead atoms. The number of hydrogen-bond acceptors (Lipinski definition) is 4. The van der Waals surface area contributed by atoms with Gasteiger partial charge in [0.25, 0.3) is 5.91 Å². The summed E-state index contributed by atoms with van der Waals surface area (Å²) >= 11 is 6.21. The Morgan fingerprint density at radius 1 is 1.18 bits per heavy atom. The van der Waals surface area contributed by atoms with E-state index in [4.69, 9.17) is 16.3 Å². The summed E-state index contributed by atoms with van der Waals surface area (Å²) in [5.41, 5.74) is 1.12. The number of sulfonamides is 1. The minimum Gasteiger partial charge on any atom is -0.379 e. The second-order valence-electron chi connectivity index (χ2n) is 6.50. The van der Waals surface area contributed by atoms with Crippen molar-refractivity contribution >= 4 is 27.5 Å². The monoisotopic (exact) mass is 422 g/mol. The first-order valence-electron chi connectivity index (χ1n) is 9.16. The molecule has 1 fully saturated rings. The molecule has 28 heavy (non-hydrogen) atoms. The SMILES string of the molecule is CCC(NC(=O)c1cc(S(=O)(=O)N2CCOCC2)ccc1Cl)c1ccccc1. The highest BCUT2D eigenvalue weighted by atomic mass is 35.5. The molecule has 1 heterocycles. The first-order valence-corrected chi connectivity index (χ1v) is 11.0. The highest BCUT2D eigenvalue weighted by Gasteiger charge is 2.28. The molecule has 1 saturated heterocycles. The van der Waals surface area contributed by atoms with E-state index in [1.165, 1.54) is 22.5 Å². The largest absolute Gasteiger partial charge is 0.379 e. The zero-order valence-electron chi connectivity index (χ0n) is 15.6. The summed E-state index contributed by atoms with van der Waals surface area (Å²) in [5.74, 6) is -0.403. The first-order chi connectivity index (χ1) is 13.4. The van der Waals surface area contributed by atoms with Gasteiger partial charge < -0.3 is 10.1 Å². The van der Waals surface area contributed by atoms with Crippen molar-refractivity contribution in [2.45, 2.75) is 24.3 Å². The van der Waals surface area contributed by atoms with Crippen molar-refractivity contribution in [2.24, 2.45) is 0 Å². The van der Waals surface area contributed by atoms with E-state index in [-0.39, 0.29) is 21.5 Å². The van der Waals surface area contributed by atoms with Crippen molar-refractivity contribution in [3.05, 3.63) is 64.7 Å². The molecule has 1 aliphatic heterocycles. The van der Waals surface area contributed by atoms with Crippen LogP contribution in [0.3, 0.4) is 0 Å². The van der Waals surface area contributed by atoms with Crippen LogP contribution in [0.4, 0.5) is 0 Å². The van der Waals surface area contributed by atoms with Crippen LogP contribution in [0.2, 0.25) is 5.02 Å². The maximum Gasteiger partial charge on any atom is 0.253 e. The third-order valence-corrected chi connectivity index (χ3v) is 6.93. The van der Waals surface area contributed by atoms with E-state index in [1.54, 1.807) is 0 Å². The maximum atomic E-state index is 12.9. The van der Waals surface area contributed by atoms with E-state index < -0.39 is 15.9 Å². The average molecular weight is 423 g/mol. The molecule has 1 amide bonds. The third-order valence-electron chi connectivity index (χ3n) is 4.71. The molecule has 1 unspecified atom stereocenters. The van der Waals surface area contributed by atoms with E-state index >= 15 is 0 Å². The van der Waals surface area contributed by atoms with Crippen LogP contribution in [0.15, 0.2) is 53.4 Å². The molecule has 0 aliphatic carbocycles. The molecule has 1 N–H and O–H groups in total. The molecule has 6 nitrogen and oxygen atoms in total. The molecule has 2 aromatic rings. The first kappa shape index (κ1) is 20.8. The summed E-state index contributed by atoms with van der Waals surface area (Å²) in [6.45, 7) is 3.26. The second kappa shape index (κ2) is 9.05. The van der Waals surface area contributed by atoms with Crippen LogP contribution in [0.5, 0.6) is 0 Å². The maximum absolute atomic E-state index is 12.9. The summed E-state index contributed by atoms with van der Waals surface area (Å²) in [5, 5.41) is 3.16. The quantitative estimate of drug-likeness (QED) is 0.775. The summed E-state index contributed by atoms with van der Waals surface area (Å²) in [7, 11) is -3.71. The molecule has 8 heteroatoms. The van der Waals surface area contributed by atoms with Gasteiger partial charge in [0.15, 0.2) is 0 Å². The number of halogens is 1. The Morgan fingerprint density at radius 3 is 2.50 bits per heavy atom. The van der Waals surface area contributed by atoms with Gasteiger partial charge in [-0.05, 0) is 30.2 Å². The molecule has 1 aliphatic rings. The number of carbonyl (C=O) groups excluding carboxylic acids is 1. The predicted molar refractivity (Wildman–Crippen MR) is 108 cm³/mol. The van der Waals surface area contributed by atoms with Crippen molar-refractivity contribution in [1.29, 1.82) is 0 Å². The summed E-state index contributed by atoms with van der Waals surface area (Å²) in [6.07, 6.45) is 0.694. The number of rotatable bonds is 6. The molecule has 0 aromatic heterocycles. The number of benzene rings is 2. The smallest absolute Gasteiger partial charge is 0.253 e. The fraction of sp³-hybridized carbons (Fsp3) is 0.350. The summed E-state index contributed by atoms with van der Waals surface area (Å²) < 4.78 is 32.3. The molecule has 0 radical (unpaired) electrons. The number of hydrogen-bond donors (Lipinski definition) is 1. The van der Waals surface area contributed by atoms with Crippen LogP contribution in [-0.2, 0) is 14.8 Å². The zero-order valence-corrected chi connectivity index (χ0v) is 17.2. The number of morpholine rings is 1. The highest BCUT2D eigenvalue weighted by molar-refractivity contribution is 7.89. The van der Waals surface area contributed by atoms with Gasteiger partial charge in [-0.25, -0.2) is 8.42 Å². The highest BCUT2D eigenvalue weighted by Crippen LogP contribution is 2.25. The molecule has 0 spiro atoms. The fourth-order valence-corrected chi connectivity index (χ4v) is 4.76. The van der Waals surface area contributed by atoms with Gasteiger partial charge in [-0.15, -0.1) is 0 Å². The van der Waals surface area contributed by atoms with E-state index in [9.17, 15) is 13.2 Å². The number of nitrogens with one attached hydrogen (secondary N) is 1. The normalized spacial score (nSPS) is 16.5. The topological polar surface area (TPSA) is 75.7 Å². The van der Waals surface area contributed by atoms with Gasteiger partial charge in [0.1, 0.15) is 0 Å². The Morgan fingerprint density at radius 2 is 1.86 bits per heavy atom. The Hall–Kier alpha value is -1.93. The lowest BCUT2D eigenvalue weighted by Crippen LogP contribution is -2.40. The Bertz CT molecular complexity index is 928. The lowest BCUT2D eigenvalue weighted by atomic mass is 10.0. The van der Waals surface area contributed by atoms with Crippen molar-refractivity contribution in [3.8, 4) is 0 Å². The number of ether oxygens (including phenoxy) is 1. The van der Waals surface area contributed by atoms with Crippen LogP contribution in [-0.4, -0.2) is 44.9 Å². The number of amides is 1. The summed E-state index contributed by atoms with van der Waals surface area (Å²) in [6, 6.07) is 13.6. The van der Waals surface area contributed by atoms with Crippen LogP contribution in [0.1, 0.15) is 35.3 Å². The fourth-order valence-electron chi connectivity index (χ4n) is 3.12. The standard InChI is InChI=1S/C20H23ClN2O4S/c1-2-19(15-6-4-3-5-7-15)22-20(24)17-14-16(8-9-18(17)21)28(25,26)23-10-12-27-13-11-23/h3-9,14,19H,2,10-13H2,1H3,(H,22,24). The Kier molecular flexibility index (Phi) is 6.72. The van der Waals surface area contributed by atoms with Gasteiger partial charge in [-0.2, -0.15) is 4.31 Å². The van der Waals surface area contributed by atoms with Crippen LogP contribution in [0, 0.1) is 0 Å². The third kappa shape index (κ3) is 4.55. The Labute approximate surface area is 170 Å². The van der Waals surface area contributed by atoms with E-state index in [0.29, 0.717) is 32.7 Å². The zero-order chi connectivity index (χ0) is 20.1. The van der Waals surface area contributed by atoms with Crippen molar-refractivity contribution in [2.75, 3.05) is 26.3 Å². The number of carbonyl (C=O) groups is 1.